The van der Waals surface area contributed by atoms with Crippen LogP contribution in [0.15, 0.2) is 24.3 Å². The topological polar surface area (TPSA) is 71.1 Å². The molecule has 1 saturated heterocycles. The van der Waals surface area contributed by atoms with Crippen molar-refractivity contribution in [3.05, 3.63) is 29.3 Å². The molecule has 0 unspecified atom stereocenters. The van der Waals surface area contributed by atoms with Gasteiger partial charge in [0.15, 0.2) is 0 Å². The van der Waals surface area contributed by atoms with Gasteiger partial charge in [-0.05, 0) is 18.2 Å². The maximum absolute atomic E-state index is 12.6. The van der Waals surface area contributed by atoms with Gasteiger partial charge in [0.1, 0.15) is 0 Å². The molecule has 0 atom stereocenters. The van der Waals surface area contributed by atoms with Crippen molar-refractivity contribution in [1.82, 2.24) is 9.80 Å². The lowest BCUT2D eigenvalue weighted by molar-refractivity contribution is -0.140. The Balaban J connectivity index is 1.93. The zero-order chi connectivity index (χ0) is 18.1. The molecule has 1 aliphatic rings. The Morgan fingerprint density at radius 3 is 2.76 bits per heavy atom. The average Bonchev–Trinajstić information content (AvgIpc) is 2.62. The van der Waals surface area contributed by atoms with E-state index in [0.717, 1.165) is 19.6 Å². The van der Waals surface area contributed by atoms with Crippen LogP contribution in [0.3, 0.4) is 0 Å². The molecular formula is C17H24ClN3O4. The highest BCUT2D eigenvalue weighted by molar-refractivity contribution is 6.30. The van der Waals surface area contributed by atoms with Gasteiger partial charge in [0.25, 0.3) is 0 Å². The van der Waals surface area contributed by atoms with E-state index >= 15 is 0 Å². The lowest BCUT2D eigenvalue weighted by Gasteiger charge is -2.30. The highest BCUT2D eigenvalue weighted by atomic mass is 35.5. The largest absolute Gasteiger partial charge is 0.469 e. The van der Waals surface area contributed by atoms with E-state index in [4.69, 9.17) is 16.3 Å². The number of esters is 1. The number of ether oxygens (including phenoxy) is 2. The molecule has 0 aromatic heterocycles. The first-order chi connectivity index (χ1) is 12.1. The molecule has 2 rings (SSSR count). The number of urea groups is 1. The highest BCUT2D eigenvalue weighted by Crippen LogP contribution is 2.15. The highest BCUT2D eigenvalue weighted by Gasteiger charge is 2.18. The van der Waals surface area contributed by atoms with E-state index in [1.807, 2.05) is 0 Å². The quantitative estimate of drug-likeness (QED) is 0.745. The monoisotopic (exact) mass is 369 g/mol. The van der Waals surface area contributed by atoms with E-state index < -0.39 is 0 Å². The number of carbonyl (C=O) groups excluding carboxylic acids is 2. The Morgan fingerprint density at radius 1 is 1.32 bits per heavy atom. The molecule has 1 fully saturated rings. The van der Waals surface area contributed by atoms with Crippen LogP contribution < -0.4 is 5.32 Å². The molecule has 1 aliphatic heterocycles. The Labute approximate surface area is 152 Å². The zero-order valence-corrected chi connectivity index (χ0v) is 15.1. The van der Waals surface area contributed by atoms with Crippen molar-refractivity contribution in [3.63, 3.8) is 0 Å². The molecule has 1 heterocycles. The summed E-state index contributed by atoms with van der Waals surface area (Å²) < 4.78 is 10.00. The van der Waals surface area contributed by atoms with Crippen LogP contribution in [-0.2, 0) is 14.3 Å². The molecule has 0 saturated carbocycles. The minimum atomic E-state index is -0.341. The van der Waals surface area contributed by atoms with Crippen LogP contribution >= 0.6 is 11.6 Å². The van der Waals surface area contributed by atoms with Crippen LogP contribution in [0.5, 0.6) is 0 Å². The van der Waals surface area contributed by atoms with Crippen molar-refractivity contribution in [2.24, 2.45) is 0 Å². The number of hydrogen-bond acceptors (Lipinski definition) is 5. The fourth-order valence-electron chi connectivity index (χ4n) is 2.50. The number of hydrogen-bond donors (Lipinski definition) is 1. The van der Waals surface area contributed by atoms with Crippen LogP contribution in [0.4, 0.5) is 10.5 Å². The summed E-state index contributed by atoms with van der Waals surface area (Å²) in [5.74, 6) is -0.341. The van der Waals surface area contributed by atoms with Gasteiger partial charge in [-0.3, -0.25) is 9.69 Å². The van der Waals surface area contributed by atoms with E-state index in [9.17, 15) is 9.59 Å². The number of methoxy groups -OCH3 is 1. The van der Waals surface area contributed by atoms with Crippen molar-refractivity contribution in [2.45, 2.75) is 6.42 Å². The number of rotatable bonds is 7. The molecule has 138 valence electrons. The SMILES string of the molecule is COC(=O)CCN(CCN1CCOCC1)C(=O)Nc1cccc(Cl)c1. The Kier molecular flexibility index (Phi) is 7.97. The van der Waals surface area contributed by atoms with E-state index in [-0.39, 0.29) is 18.4 Å². The average molecular weight is 370 g/mol. The van der Waals surface area contributed by atoms with E-state index in [1.54, 1.807) is 29.2 Å². The molecule has 0 radical (unpaired) electrons. The van der Waals surface area contributed by atoms with Gasteiger partial charge in [0, 0.05) is 43.4 Å². The summed E-state index contributed by atoms with van der Waals surface area (Å²) in [5.41, 5.74) is 0.618. The number of anilines is 1. The van der Waals surface area contributed by atoms with Crippen molar-refractivity contribution in [1.29, 1.82) is 0 Å². The number of halogens is 1. The van der Waals surface area contributed by atoms with Gasteiger partial charge in [-0.2, -0.15) is 0 Å². The predicted molar refractivity (Wildman–Crippen MR) is 95.9 cm³/mol. The summed E-state index contributed by atoms with van der Waals surface area (Å²) >= 11 is 5.95. The predicted octanol–water partition coefficient (Wildman–Crippen LogP) is 2.07. The van der Waals surface area contributed by atoms with Gasteiger partial charge in [-0.15, -0.1) is 0 Å². The Morgan fingerprint density at radius 2 is 2.08 bits per heavy atom. The second-order valence-electron chi connectivity index (χ2n) is 5.71. The van der Waals surface area contributed by atoms with Crippen molar-refractivity contribution in [3.8, 4) is 0 Å². The molecule has 1 aromatic rings. The Hall–Kier alpha value is -1.83. The van der Waals surface area contributed by atoms with Gasteiger partial charge >= 0.3 is 12.0 Å². The number of carbonyl (C=O) groups is 2. The third kappa shape index (κ3) is 6.89. The van der Waals surface area contributed by atoms with Crippen LogP contribution in [-0.4, -0.2) is 74.8 Å². The summed E-state index contributed by atoms with van der Waals surface area (Å²) in [6.45, 7) is 4.65. The molecule has 0 spiro atoms. The zero-order valence-electron chi connectivity index (χ0n) is 14.4. The maximum atomic E-state index is 12.6. The molecule has 0 aliphatic carbocycles. The lowest BCUT2D eigenvalue weighted by Crippen LogP contribution is -2.44. The standard InChI is InChI=1S/C17H24ClN3O4/c1-24-16(22)5-6-21(8-7-20-9-11-25-12-10-20)17(23)19-15-4-2-3-14(18)13-15/h2-4,13H,5-12H2,1H3,(H,19,23). The van der Waals surface area contributed by atoms with Gasteiger partial charge in [-0.1, -0.05) is 17.7 Å². The number of amides is 2. The normalized spacial score (nSPS) is 14.8. The smallest absolute Gasteiger partial charge is 0.321 e. The first-order valence-corrected chi connectivity index (χ1v) is 8.64. The van der Waals surface area contributed by atoms with Crippen molar-refractivity contribution < 1.29 is 19.1 Å². The number of benzene rings is 1. The summed E-state index contributed by atoms with van der Waals surface area (Å²) in [4.78, 5) is 27.9. The minimum Gasteiger partial charge on any atom is -0.469 e. The fourth-order valence-corrected chi connectivity index (χ4v) is 2.69. The van der Waals surface area contributed by atoms with Gasteiger partial charge in [0.2, 0.25) is 0 Å². The third-order valence-corrected chi connectivity index (χ3v) is 4.20. The molecule has 7 nitrogen and oxygen atoms in total. The van der Waals surface area contributed by atoms with Crippen molar-refractivity contribution >= 4 is 29.3 Å². The summed E-state index contributed by atoms with van der Waals surface area (Å²) in [5, 5.41) is 3.37. The number of nitrogens with zero attached hydrogens (tertiary/aromatic N) is 2. The molecule has 2 amide bonds. The summed E-state index contributed by atoms with van der Waals surface area (Å²) in [6.07, 6.45) is 0.155. The second-order valence-corrected chi connectivity index (χ2v) is 6.14. The number of morpholine rings is 1. The first kappa shape index (κ1) is 19.5. The van der Waals surface area contributed by atoms with Crippen molar-refractivity contribution in [2.75, 3.05) is 58.4 Å². The molecule has 1 N–H and O–H groups in total. The number of nitrogens with one attached hydrogen (secondary N) is 1. The first-order valence-electron chi connectivity index (χ1n) is 8.27. The molecule has 25 heavy (non-hydrogen) atoms. The molecule has 8 heteroatoms. The van der Waals surface area contributed by atoms with Gasteiger partial charge < -0.3 is 19.7 Å². The summed E-state index contributed by atoms with van der Waals surface area (Å²) in [6, 6.07) is 6.69. The van der Waals surface area contributed by atoms with Crippen LogP contribution in [0.1, 0.15) is 6.42 Å². The fraction of sp³-hybridized carbons (Fsp3) is 0.529. The van der Waals surface area contributed by atoms with E-state index in [0.29, 0.717) is 37.0 Å². The third-order valence-electron chi connectivity index (χ3n) is 3.97. The van der Waals surface area contributed by atoms with Crippen LogP contribution in [0, 0.1) is 0 Å². The van der Waals surface area contributed by atoms with Gasteiger partial charge in [0.05, 0.1) is 26.7 Å². The minimum absolute atomic E-state index is 0.155. The van der Waals surface area contributed by atoms with Gasteiger partial charge in [-0.25, -0.2) is 4.79 Å². The van der Waals surface area contributed by atoms with E-state index in [2.05, 4.69) is 15.0 Å². The van der Waals surface area contributed by atoms with Crippen LogP contribution in [0.25, 0.3) is 0 Å². The molecular weight excluding hydrogens is 346 g/mol. The molecule has 1 aromatic carbocycles. The molecule has 0 bridgehead atoms. The summed E-state index contributed by atoms with van der Waals surface area (Å²) in [7, 11) is 1.34. The lowest BCUT2D eigenvalue weighted by atomic mass is 10.3. The maximum Gasteiger partial charge on any atom is 0.321 e. The van der Waals surface area contributed by atoms with E-state index in [1.165, 1.54) is 7.11 Å². The Bertz CT molecular complexity index is 579. The second kappa shape index (κ2) is 10.2. The van der Waals surface area contributed by atoms with Crippen LogP contribution in [0.2, 0.25) is 5.02 Å².